The van der Waals surface area contributed by atoms with Crippen LogP contribution in [0.1, 0.15) is 34.7 Å². The number of hydrogen-bond acceptors (Lipinski definition) is 5. The maximum atomic E-state index is 5.88. The number of rotatable bonds is 4. The molecular weight excluding hydrogens is 446 g/mol. The number of benzene rings is 1. The maximum absolute atomic E-state index is 5.88. The fourth-order valence-corrected chi connectivity index (χ4v) is 5.30. The molecule has 0 amide bonds. The van der Waals surface area contributed by atoms with E-state index in [1.807, 2.05) is 54.9 Å². The van der Waals surface area contributed by atoms with Gasteiger partial charge in [0.1, 0.15) is 0 Å². The Hall–Kier alpha value is -3.91. The van der Waals surface area contributed by atoms with Gasteiger partial charge in [-0.2, -0.15) is 0 Å². The van der Waals surface area contributed by atoms with Crippen molar-refractivity contribution in [3.8, 4) is 17.2 Å². The van der Waals surface area contributed by atoms with Gasteiger partial charge in [0.05, 0.1) is 29.7 Å². The summed E-state index contributed by atoms with van der Waals surface area (Å²) in [6.45, 7) is 4.49. The molecule has 0 saturated carbocycles. The van der Waals surface area contributed by atoms with Crippen molar-refractivity contribution < 1.29 is 9.47 Å². The molecule has 0 spiro atoms. The number of ether oxygens (including phenoxy) is 2. The Bertz CT molecular complexity index is 1370. The first-order chi connectivity index (χ1) is 16.6. The number of pyridine rings is 2. The van der Waals surface area contributed by atoms with Crippen LogP contribution in [0.5, 0.6) is 11.5 Å². The Kier molecular flexibility index (Phi) is 4.95. The number of anilines is 1. The van der Waals surface area contributed by atoms with Crippen molar-refractivity contribution in [2.24, 2.45) is 0 Å². The van der Waals surface area contributed by atoms with Gasteiger partial charge >= 0.3 is 0 Å². The minimum atomic E-state index is -0.123. The van der Waals surface area contributed by atoms with Crippen LogP contribution in [0.3, 0.4) is 0 Å². The van der Waals surface area contributed by atoms with Crippen LogP contribution >= 0.6 is 12.2 Å². The zero-order valence-corrected chi connectivity index (χ0v) is 19.6. The summed E-state index contributed by atoms with van der Waals surface area (Å²) in [5.41, 5.74) is 6.33. The quantitative estimate of drug-likeness (QED) is 0.431. The predicted octanol–water partition coefficient (Wildman–Crippen LogP) is 4.79. The Morgan fingerprint density at radius 2 is 1.85 bits per heavy atom. The van der Waals surface area contributed by atoms with Gasteiger partial charge in [-0.1, -0.05) is 6.07 Å². The van der Waals surface area contributed by atoms with E-state index in [0.717, 1.165) is 40.0 Å². The summed E-state index contributed by atoms with van der Waals surface area (Å²) in [4.78, 5) is 11.1. The average Bonchev–Trinajstić information content (AvgIpc) is 3.54. The molecule has 8 heteroatoms. The fraction of sp³-hybridized carbons (Fsp3) is 0.192. The van der Waals surface area contributed by atoms with Gasteiger partial charge in [0.2, 0.25) is 6.79 Å². The minimum Gasteiger partial charge on any atom is -0.454 e. The standard InChI is InChI=1S/C26H23N5O2S/c1-16-12-20(17(2)30(16)19-6-5-10-27-14-19)25-24(21-7-3-4-11-28-21)29-26(34)31(25)18-8-9-22-23(13-18)33-15-32-22/h3-14,24-25H,15H2,1-2H3,(H,29,34)/t24-,25-/m0/s1. The van der Waals surface area contributed by atoms with Crippen LogP contribution in [-0.2, 0) is 0 Å². The lowest BCUT2D eigenvalue weighted by Crippen LogP contribution is -2.29. The molecule has 0 bridgehead atoms. The van der Waals surface area contributed by atoms with Crippen LogP contribution in [0.15, 0.2) is 73.2 Å². The summed E-state index contributed by atoms with van der Waals surface area (Å²) in [5, 5.41) is 4.18. The monoisotopic (exact) mass is 469 g/mol. The van der Waals surface area contributed by atoms with Crippen LogP contribution in [0, 0.1) is 13.8 Å². The molecule has 170 valence electrons. The number of fused-ring (bicyclic) bond motifs is 1. The number of hydrogen-bond donors (Lipinski definition) is 1. The normalized spacial score (nSPS) is 18.9. The Morgan fingerprint density at radius 3 is 2.65 bits per heavy atom. The summed E-state index contributed by atoms with van der Waals surface area (Å²) < 4.78 is 13.4. The molecule has 0 aliphatic carbocycles. The molecular formula is C26H23N5O2S. The zero-order valence-electron chi connectivity index (χ0n) is 18.8. The summed E-state index contributed by atoms with van der Waals surface area (Å²) in [5.74, 6) is 1.47. The molecule has 5 heterocycles. The van der Waals surface area contributed by atoms with Gasteiger partial charge in [0, 0.05) is 35.5 Å². The smallest absolute Gasteiger partial charge is 0.231 e. The van der Waals surface area contributed by atoms with Gasteiger partial charge in [-0.05, 0) is 74.1 Å². The lowest BCUT2D eigenvalue weighted by molar-refractivity contribution is 0.174. The van der Waals surface area contributed by atoms with E-state index in [1.165, 1.54) is 5.56 Å². The molecule has 0 radical (unpaired) electrons. The molecule has 3 aromatic heterocycles. The molecule has 4 aromatic rings. The molecule has 1 N–H and O–H groups in total. The summed E-state index contributed by atoms with van der Waals surface area (Å²) in [6, 6.07) is 17.9. The molecule has 34 heavy (non-hydrogen) atoms. The van der Waals surface area contributed by atoms with Crippen molar-refractivity contribution in [1.29, 1.82) is 0 Å². The number of aromatic nitrogens is 3. The SMILES string of the molecule is Cc1cc([C@H]2[C@H](c3ccccn3)NC(=S)N2c2ccc3c(c2)OCO3)c(C)n1-c1cccnc1. The second-order valence-corrected chi connectivity index (χ2v) is 8.79. The van der Waals surface area contributed by atoms with Crippen molar-refractivity contribution in [3.63, 3.8) is 0 Å². The van der Waals surface area contributed by atoms with E-state index < -0.39 is 0 Å². The van der Waals surface area contributed by atoms with Gasteiger partial charge < -0.3 is 24.3 Å². The van der Waals surface area contributed by atoms with Crippen LogP contribution in [-0.4, -0.2) is 26.4 Å². The number of nitrogens with zero attached hydrogens (tertiary/aromatic N) is 4. The Morgan fingerprint density at radius 1 is 0.971 bits per heavy atom. The van der Waals surface area contributed by atoms with Crippen LogP contribution in [0.25, 0.3) is 5.69 Å². The summed E-state index contributed by atoms with van der Waals surface area (Å²) >= 11 is 5.88. The molecule has 2 aliphatic heterocycles. The number of nitrogens with one attached hydrogen (secondary N) is 1. The second-order valence-electron chi connectivity index (χ2n) is 8.41. The first kappa shape index (κ1) is 20.7. The van der Waals surface area contributed by atoms with E-state index in [1.54, 1.807) is 6.20 Å². The van der Waals surface area contributed by atoms with E-state index in [2.05, 4.69) is 50.7 Å². The third kappa shape index (κ3) is 3.30. The summed E-state index contributed by atoms with van der Waals surface area (Å²) in [6.07, 6.45) is 5.49. The number of aryl methyl sites for hydroxylation is 1. The van der Waals surface area contributed by atoms with E-state index >= 15 is 0 Å². The highest BCUT2D eigenvalue weighted by Crippen LogP contribution is 2.45. The first-order valence-electron chi connectivity index (χ1n) is 11.1. The average molecular weight is 470 g/mol. The molecule has 1 fully saturated rings. The van der Waals surface area contributed by atoms with Crippen molar-refractivity contribution in [2.75, 3.05) is 11.7 Å². The van der Waals surface area contributed by atoms with Gasteiger partial charge in [0.15, 0.2) is 16.6 Å². The third-order valence-corrected chi connectivity index (χ3v) is 6.74. The van der Waals surface area contributed by atoms with E-state index in [9.17, 15) is 0 Å². The topological polar surface area (TPSA) is 64.4 Å². The fourth-order valence-electron chi connectivity index (χ4n) is 4.95. The predicted molar refractivity (Wildman–Crippen MR) is 134 cm³/mol. The Balaban J connectivity index is 1.51. The molecule has 1 saturated heterocycles. The van der Waals surface area contributed by atoms with Crippen LogP contribution in [0.4, 0.5) is 5.69 Å². The third-order valence-electron chi connectivity index (χ3n) is 6.43. The highest BCUT2D eigenvalue weighted by Gasteiger charge is 2.42. The van der Waals surface area contributed by atoms with E-state index in [4.69, 9.17) is 21.7 Å². The lowest BCUT2D eigenvalue weighted by atomic mass is 9.96. The molecule has 7 nitrogen and oxygen atoms in total. The van der Waals surface area contributed by atoms with Crippen LogP contribution in [0.2, 0.25) is 0 Å². The van der Waals surface area contributed by atoms with Gasteiger partial charge in [0.25, 0.3) is 0 Å². The van der Waals surface area contributed by atoms with E-state index in [-0.39, 0.29) is 18.9 Å². The van der Waals surface area contributed by atoms with Crippen LogP contribution < -0.4 is 19.7 Å². The first-order valence-corrected chi connectivity index (χ1v) is 11.5. The highest BCUT2D eigenvalue weighted by molar-refractivity contribution is 7.80. The lowest BCUT2D eigenvalue weighted by Gasteiger charge is -2.28. The van der Waals surface area contributed by atoms with Gasteiger partial charge in [-0.3, -0.25) is 9.97 Å². The number of thiocarbonyl (C=S) groups is 1. The van der Waals surface area contributed by atoms with E-state index in [0.29, 0.717) is 5.11 Å². The van der Waals surface area contributed by atoms with Gasteiger partial charge in [-0.25, -0.2) is 0 Å². The van der Waals surface area contributed by atoms with Gasteiger partial charge in [-0.15, -0.1) is 0 Å². The molecule has 1 aromatic carbocycles. The molecule has 6 rings (SSSR count). The Labute approximate surface area is 203 Å². The maximum Gasteiger partial charge on any atom is 0.231 e. The van der Waals surface area contributed by atoms with Crippen molar-refractivity contribution in [2.45, 2.75) is 25.9 Å². The highest BCUT2D eigenvalue weighted by atomic mass is 32.1. The minimum absolute atomic E-state index is 0.112. The molecule has 0 unspecified atom stereocenters. The summed E-state index contributed by atoms with van der Waals surface area (Å²) in [7, 11) is 0. The zero-order chi connectivity index (χ0) is 23.2. The second kappa shape index (κ2) is 8.14. The molecule has 2 atom stereocenters. The molecule has 2 aliphatic rings. The van der Waals surface area contributed by atoms with Crippen molar-refractivity contribution in [3.05, 3.63) is 95.8 Å². The van der Waals surface area contributed by atoms with Crippen molar-refractivity contribution >= 4 is 23.0 Å². The van der Waals surface area contributed by atoms with Crippen molar-refractivity contribution in [1.82, 2.24) is 19.9 Å². The largest absolute Gasteiger partial charge is 0.454 e.